The summed E-state index contributed by atoms with van der Waals surface area (Å²) in [5.41, 5.74) is -8.39. The van der Waals surface area contributed by atoms with Gasteiger partial charge in [0.25, 0.3) is 17.9 Å². The van der Waals surface area contributed by atoms with Crippen molar-refractivity contribution in [3.05, 3.63) is 122 Å². The summed E-state index contributed by atoms with van der Waals surface area (Å²) < 4.78 is 208. The Balaban J connectivity index is 1.14. The lowest BCUT2D eigenvalue weighted by atomic mass is 10.0. The van der Waals surface area contributed by atoms with Gasteiger partial charge in [-0.15, -0.1) is 0 Å². The SMILES string of the molecule is CN(C(=O)N(c1nn(C)c2c(-n3c([C@H](Cc4cc(F)cc(F)c4)NC(=O)Cn4nc(C(F)F)c5c4C(F)(F)[C@@H]4C[C@H]54)nc4nc(OCCC(F)(F)F)ccc4c3=O)ccc(Cl)c12)S(C)(=O)=O)c1ncccc1CN(CC(=O)OC(C)(C)C)C(=O)OCOP(=O)(OC(C)(C)C)OC(C)(C)C. The molecule has 26 nitrogen and oxygen atoms in total. The topological polar surface area (TPSA) is 293 Å². The Hall–Kier alpha value is -8.44. The number of esters is 1. The van der Waals surface area contributed by atoms with Gasteiger partial charge >= 0.3 is 32.1 Å². The van der Waals surface area contributed by atoms with Crippen LogP contribution in [0.5, 0.6) is 5.88 Å². The fourth-order valence-corrected chi connectivity index (χ4v) is 13.8. The molecule has 0 radical (unpaired) electrons. The molecule has 5 aromatic heterocycles. The minimum atomic E-state index is -4.94. The molecule has 0 spiro atoms. The number of phosphoric acid groups is 1. The maximum atomic E-state index is 15.8. The fourth-order valence-electron chi connectivity index (χ4n) is 11.0. The minimum Gasteiger partial charge on any atom is -0.477 e. The van der Waals surface area contributed by atoms with Crippen molar-refractivity contribution < 1.29 is 99.5 Å². The molecule has 1 N–H and O–H groups in total. The lowest BCUT2D eigenvalue weighted by Crippen LogP contribution is -2.46. The molecule has 1 fully saturated rings. The molecule has 0 aliphatic heterocycles. The molecule has 2 aromatic carbocycles. The van der Waals surface area contributed by atoms with E-state index in [1.165, 1.54) is 31.4 Å². The number of benzene rings is 2. The Morgan fingerprint density at radius 3 is 2.16 bits per heavy atom. The van der Waals surface area contributed by atoms with E-state index in [0.29, 0.717) is 17.0 Å². The smallest absolute Gasteiger partial charge is 0.477 e. The van der Waals surface area contributed by atoms with Crippen LogP contribution in [0.4, 0.5) is 60.7 Å². The third kappa shape index (κ3) is 17.2. The first-order valence-electron chi connectivity index (χ1n) is 30.0. The van der Waals surface area contributed by atoms with Gasteiger partial charge in [0, 0.05) is 55.9 Å². The summed E-state index contributed by atoms with van der Waals surface area (Å²) >= 11 is 6.97. The van der Waals surface area contributed by atoms with Gasteiger partial charge in [-0.05, 0) is 117 Å². The molecule has 2 aliphatic rings. The molecular formula is C61H67ClF9N12O14PS. The first-order chi connectivity index (χ1) is 45.7. The number of amides is 4. The number of hydrogen-bond acceptors (Lipinski definition) is 19. The molecule has 0 unspecified atom stereocenters. The number of rotatable bonds is 23. The van der Waals surface area contributed by atoms with E-state index in [2.05, 4.69) is 30.5 Å². The highest BCUT2D eigenvalue weighted by Gasteiger charge is 2.67. The van der Waals surface area contributed by atoms with Crippen molar-refractivity contribution >= 4 is 87.0 Å². The number of halogens is 10. The maximum absolute atomic E-state index is 15.8. The second kappa shape index (κ2) is 27.6. The van der Waals surface area contributed by atoms with Gasteiger partial charge in [-0.1, -0.05) is 17.7 Å². The summed E-state index contributed by atoms with van der Waals surface area (Å²) in [4.78, 5) is 87.2. The second-order valence-corrected chi connectivity index (χ2v) is 29.9. The van der Waals surface area contributed by atoms with E-state index in [4.69, 9.17) is 39.4 Å². The maximum Gasteiger partial charge on any atom is 0.478 e. The standard InChI is InChI=1S/C61H67ClF9N12O14PS/c1-57(2,3)95-43(85)29-80(56(88)93-30-94-98(89,96-58(4,5)6)97-59(7,8)9)27-32-14-13-20-72-51(32)78(10)55(87)83(99(12,90)91)53-45-38(62)16-17-40(47(45)79(11)77-53)82-52(75-50-35(54(82)86)15-18-42(74-50)92-21-19-60(67,68)69)39(24-31-22-33(63)25-34(64)23-31)73-41(84)28-81-48-44(46(76-81)49(65)66)36-26-37(36)61(48,70)71/h13-18,20,22-23,25,36-37,39,49H,19,21,24,26-30H2,1-12H3,(H,73,84)/t36-,37+,39-/m0/s1. The summed E-state index contributed by atoms with van der Waals surface area (Å²) in [6, 6.07) is 5.84. The van der Waals surface area contributed by atoms with Crippen molar-refractivity contribution in [3.8, 4) is 11.6 Å². The van der Waals surface area contributed by atoms with Gasteiger partial charge < -0.3 is 19.5 Å². The zero-order chi connectivity index (χ0) is 73.2. The molecule has 99 heavy (non-hydrogen) atoms. The predicted octanol–water partition coefficient (Wildman–Crippen LogP) is 11.8. The molecule has 9 rings (SSSR count). The third-order valence-corrected chi connectivity index (χ3v) is 17.9. The lowest BCUT2D eigenvalue weighted by molar-refractivity contribution is -0.156. The highest BCUT2D eigenvalue weighted by Crippen LogP contribution is 2.68. The predicted molar refractivity (Wildman–Crippen MR) is 337 cm³/mol. The number of nitrogens with one attached hydrogen (secondary N) is 1. The number of ether oxygens (including phenoxy) is 3. The number of phosphoric ester groups is 1. The number of anilines is 2. The van der Waals surface area contributed by atoms with Gasteiger partial charge in [-0.25, -0.2) is 54.6 Å². The summed E-state index contributed by atoms with van der Waals surface area (Å²) in [5.74, 6) is -12.9. The summed E-state index contributed by atoms with van der Waals surface area (Å²) in [6.45, 7) is 9.33. The molecule has 0 bridgehead atoms. The molecule has 3 atom stereocenters. The zero-order valence-electron chi connectivity index (χ0n) is 55.0. The van der Waals surface area contributed by atoms with E-state index < -0.39 is 209 Å². The number of carbonyl (C=O) groups excluding carboxylic acids is 4. The highest BCUT2D eigenvalue weighted by atomic mass is 35.5. The molecule has 2 aliphatic carbocycles. The molecule has 38 heteroatoms. The molecular weight excluding hydrogens is 1390 g/mol. The number of aryl methyl sites for hydroxylation is 1. The monoisotopic (exact) mass is 1460 g/mol. The van der Waals surface area contributed by atoms with Crippen molar-refractivity contribution in [1.82, 2.24) is 49.3 Å². The normalized spacial score (nSPS) is 15.8. The number of aromatic nitrogens is 8. The summed E-state index contributed by atoms with van der Waals surface area (Å²) in [6.07, 6.45) is -9.88. The largest absolute Gasteiger partial charge is 0.478 e. The number of pyridine rings is 2. The number of carbonyl (C=O) groups is 4. The zero-order valence-corrected chi connectivity index (χ0v) is 57.5. The van der Waals surface area contributed by atoms with Crippen molar-refractivity contribution in [2.24, 2.45) is 13.0 Å². The quantitative estimate of drug-likeness (QED) is 0.0269. The van der Waals surface area contributed by atoms with E-state index in [1.54, 1.807) is 62.3 Å². The Morgan fingerprint density at radius 2 is 1.56 bits per heavy atom. The number of fused-ring (bicyclic) bond motifs is 5. The van der Waals surface area contributed by atoms with Gasteiger partial charge in [0.2, 0.25) is 28.6 Å². The van der Waals surface area contributed by atoms with Crippen LogP contribution in [-0.4, -0.2) is 133 Å². The number of urea groups is 1. The summed E-state index contributed by atoms with van der Waals surface area (Å²) in [7, 11) is -7.13. The second-order valence-electron chi connectivity index (χ2n) is 26.2. The Bertz CT molecular complexity index is 4520. The van der Waals surface area contributed by atoms with Crippen LogP contribution in [0.2, 0.25) is 5.02 Å². The highest BCUT2D eigenvalue weighted by molar-refractivity contribution is 7.92. The lowest BCUT2D eigenvalue weighted by Gasteiger charge is -2.31. The fraction of sp³-hybridized carbons (Fsp3) is 0.475. The van der Waals surface area contributed by atoms with E-state index in [0.717, 1.165) is 56.4 Å². The van der Waals surface area contributed by atoms with Crippen molar-refractivity contribution in [1.29, 1.82) is 0 Å². The van der Waals surface area contributed by atoms with Gasteiger partial charge in [-0.2, -0.15) is 41.4 Å². The first-order valence-corrected chi connectivity index (χ1v) is 33.7. The third-order valence-electron chi connectivity index (χ3n) is 14.7. The average molecular weight is 1460 g/mol. The molecule has 5 heterocycles. The minimum absolute atomic E-state index is 0.0548. The molecule has 536 valence electrons. The number of sulfonamides is 1. The van der Waals surface area contributed by atoms with Crippen LogP contribution in [0.15, 0.2) is 65.6 Å². The van der Waals surface area contributed by atoms with Gasteiger partial charge in [0.05, 0.1) is 70.1 Å². The Labute approximate surface area is 564 Å². The van der Waals surface area contributed by atoms with Gasteiger partial charge in [0.1, 0.15) is 53.4 Å². The van der Waals surface area contributed by atoms with E-state index >= 15 is 27.2 Å². The molecule has 1 saturated carbocycles. The van der Waals surface area contributed by atoms with E-state index in [1.807, 2.05) is 0 Å². The van der Waals surface area contributed by atoms with Crippen molar-refractivity contribution in [2.75, 3.05) is 42.5 Å². The van der Waals surface area contributed by atoms with Crippen LogP contribution in [0, 0.1) is 17.6 Å². The van der Waals surface area contributed by atoms with Gasteiger partial charge in [0.15, 0.2) is 11.5 Å². The number of alkyl halides is 7. The van der Waals surface area contributed by atoms with Gasteiger partial charge in [-0.3, -0.25) is 47.2 Å². The van der Waals surface area contributed by atoms with Crippen LogP contribution in [-0.2, 0) is 79.7 Å². The number of nitrogens with zero attached hydrogens (tertiary/aromatic N) is 11. The number of hydrogen-bond donors (Lipinski definition) is 1. The van der Waals surface area contributed by atoms with Crippen molar-refractivity contribution in [2.45, 2.75) is 142 Å². The molecule has 7 aromatic rings. The van der Waals surface area contributed by atoms with Crippen LogP contribution >= 0.6 is 19.4 Å². The van der Waals surface area contributed by atoms with Crippen LogP contribution in [0.25, 0.3) is 27.6 Å². The molecule has 0 saturated heterocycles. The van der Waals surface area contributed by atoms with E-state index in [9.17, 15) is 49.3 Å². The van der Waals surface area contributed by atoms with Crippen LogP contribution in [0.3, 0.4) is 0 Å². The van der Waals surface area contributed by atoms with Crippen LogP contribution in [0.1, 0.15) is 127 Å². The summed E-state index contributed by atoms with van der Waals surface area (Å²) in [5, 5.41) is 9.42. The van der Waals surface area contributed by atoms with Crippen LogP contribution < -0.4 is 24.8 Å². The van der Waals surface area contributed by atoms with Crippen molar-refractivity contribution in [3.63, 3.8) is 0 Å². The average Bonchev–Trinajstić information content (AvgIpc) is 1.53. The van der Waals surface area contributed by atoms with E-state index in [-0.39, 0.29) is 43.9 Å². The Kier molecular flexibility index (Phi) is 20.8. The first kappa shape index (κ1) is 74.8. The molecule has 4 amide bonds. The Morgan fingerprint density at radius 1 is 0.899 bits per heavy atom.